The van der Waals surface area contributed by atoms with E-state index in [9.17, 15) is 9.18 Å². The van der Waals surface area contributed by atoms with Gasteiger partial charge < -0.3 is 10.0 Å². The fourth-order valence-electron chi connectivity index (χ4n) is 3.01. The largest absolute Gasteiger partial charge is 0.481 e. The predicted molar refractivity (Wildman–Crippen MR) is 77.5 cm³/mol. The summed E-state index contributed by atoms with van der Waals surface area (Å²) in [5, 5.41) is 18.1. The van der Waals surface area contributed by atoms with E-state index in [1.54, 1.807) is 6.07 Å². The molecule has 21 heavy (non-hydrogen) atoms. The molecular formula is C16H19FN2O2. The number of carbonyl (C=O) groups is 1. The van der Waals surface area contributed by atoms with E-state index in [0.29, 0.717) is 5.56 Å². The zero-order chi connectivity index (χ0) is 15.4. The molecule has 4 nitrogen and oxygen atoms in total. The van der Waals surface area contributed by atoms with E-state index in [0.717, 1.165) is 31.6 Å². The monoisotopic (exact) mass is 290 g/mol. The molecule has 2 atom stereocenters. The summed E-state index contributed by atoms with van der Waals surface area (Å²) in [6.45, 7) is 3.49. The minimum atomic E-state index is -0.779. The first-order chi connectivity index (χ1) is 10.0. The van der Waals surface area contributed by atoms with Crippen molar-refractivity contribution in [3.05, 3.63) is 29.6 Å². The van der Waals surface area contributed by atoms with E-state index >= 15 is 0 Å². The van der Waals surface area contributed by atoms with Gasteiger partial charge in [-0.1, -0.05) is 6.92 Å². The number of aliphatic carboxylic acids is 1. The Morgan fingerprint density at radius 2 is 2.38 bits per heavy atom. The van der Waals surface area contributed by atoms with Crippen LogP contribution in [0, 0.1) is 29.0 Å². The Kier molecular flexibility index (Phi) is 4.79. The lowest BCUT2D eigenvalue weighted by Crippen LogP contribution is -2.38. The molecule has 1 aromatic carbocycles. The molecule has 1 fully saturated rings. The number of rotatable bonds is 4. The summed E-state index contributed by atoms with van der Waals surface area (Å²) in [4.78, 5) is 12.9. The third-order valence-corrected chi connectivity index (χ3v) is 4.18. The van der Waals surface area contributed by atoms with Crippen LogP contribution in [0.4, 0.5) is 10.1 Å². The molecule has 0 spiro atoms. The summed E-state index contributed by atoms with van der Waals surface area (Å²) in [6.07, 6.45) is 2.11. The molecule has 2 rings (SSSR count). The van der Waals surface area contributed by atoms with Crippen LogP contribution in [0.3, 0.4) is 0 Å². The maximum absolute atomic E-state index is 13.2. The molecule has 1 aliphatic heterocycles. The normalized spacial score (nSPS) is 19.9. The number of hydrogen-bond donors (Lipinski definition) is 1. The van der Waals surface area contributed by atoms with Crippen LogP contribution in [0.2, 0.25) is 0 Å². The van der Waals surface area contributed by atoms with Crippen molar-refractivity contribution in [1.82, 2.24) is 0 Å². The van der Waals surface area contributed by atoms with Crippen molar-refractivity contribution < 1.29 is 14.3 Å². The number of hydrogen-bond acceptors (Lipinski definition) is 3. The Labute approximate surface area is 123 Å². The summed E-state index contributed by atoms with van der Waals surface area (Å²) in [5.74, 6) is -0.815. The number of carboxylic acids is 1. The van der Waals surface area contributed by atoms with Gasteiger partial charge in [0, 0.05) is 19.5 Å². The van der Waals surface area contributed by atoms with E-state index in [1.165, 1.54) is 12.1 Å². The van der Waals surface area contributed by atoms with Crippen LogP contribution < -0.4 is 4.90 Å². The molecule has 1 aromatic rings. The topological polar surface area (TPSA) is 64.3 Å². The molecule has 0 radical (unpaired) electrons. The second-order valence-corrected chi connectivity index (χ2v) is 5.70. The first-order valence-electron chi connectivity index (χ1n) is 7.17. The average Bonchev–Trinajstić information content (AvgIpc) is 2.46. The van der Waals surface area contributed by atoms with Gasteiger partial charge in [-0.15, -0.1) is 0 Å². The second-order valence-electron chi connectivity index (χ2n) is 5.70. The quantitative estimate of drug-likeness (QED) is 0.925. The van der Waals surface area contributed by atoms with Crippen molar-refractivity contribution in [2.24, 2.45) is 11.8 Å². The van der Waals surface area contributed by atoms with Gasteiger partial charge in [0.2, 0.25) is 0 Å². The Morgan fingerprint density at radius 3 is 3.05 bits per heavy atom. The third-order valence-electron chi connectivity index (χ3n) is 4.18. The lowest BCUT2D eigenvalue weighted by molar-refractivity contribution is -0.138. The zero-order valence-corrected chi connectivity index (χ0v) is 12.1. The van der Waals surface area contributed by atoms with Crippen molar-refractivity contribution in [3.8, 4) is 6.07 Å². The number of nitriles is 1. The first kappa shape index (κ1) is 15.3. The standard InChI is InChI=1S/C16H19FN2O2/c1-11(7-16(20)21)12-3-2-6-19(10-12)15-5-4-14(17)8-13(15)9-18/h4-5,8,11-12H,2-3,6-7,10H2,1H3,(H,20,21). The molecule has 5 heteroatoms. The van der Waals surface area contributed by atoms with Gasteiger partial charge in [0.1, 0.15) is 11.9 Å². The van der Waals surface area contributed by atoms with Gasteiger partial charge in [0.05, 0.1) is 11.3 Å². The molecule has 0 saturated carbocycles. The molecule has 1 N–H and O–H groups in total. The maximum Gasteiger partial charge on any atom is 0.303 e. The van der Waals surface area contributed by atoms with Crippen LogP contribution in [0.1, 0.15) is 31.7 Å². The zero-order valence-electron chi connectivity index (χ0n) is 12.1. The van der Waals surface area contributed by atoms with Gasteiger partial charge in [-0.25, -0.2) is 4.39 Å². The Balaban J connectivity index is 2.14. The molecule has 0 aromatic heterocycles. The lowest BCUT2D eigenvalue weighted by atomic mass is 9.84. The van der Waals surface area contributed by atoms with Gasteiger partial charge in [-0.3, -0.25) is 4.79 Å². The summed E-state index contributed by atoms with van der Waals surface area (Å²) in [6, 6.07) is 6.28. The summed E-state index contributed by atoms with van der Waals surface area (Å²) in [5.41, 5.74) is 1.08. The Hall–Kier alpha value is -2.09. The van der Waals surface area contributed by atoms with E-state index in [2.05, 4.69) is 4.90 Å². The summed E-state index contributed by atoms with van der Waals surface area (Å²) < 4.78 is 13.2. The molecule has 2 unspecified atom stereocenters. The molecule has 0 bridgehead atoms. The van der Waals surface area contributed by atoms with Gasteiger partial charge in [-0.05, 0) is 42.9 Å². The summed E-state index contributed by atoms with van der Waals surface area (Å²) in [7, 11) is 0. The number of carboxylic acid groups (broad SMARTS) is 1. The van der Waals surface area contributed by atoms with E-state index in [-0.39, 0.29) is 18.3 Å². The number of benzene rings is 1. The number of piperidine rings is 1. The van der Waals surface area contributed by atoms with Crippen LogP contribution in [0.5, 0.6) is 0 Å². The van der Waals surface area contributed by atoms with Gasteiger partial charge in [0.25, 0.3) is 0 Å². The predicted octanol–water partition coefficient (Wildman–Crippen LogP) is 3.02. The SMILES string of the molecule is CC(CC(=O)O)C1CCCN(c2ccc(F)cc2C#N)C1. The highest BCUT2D eigenvalue weighted by molar-refractivity contribution is 5.67. The van der Waals surface area contributed by atoms with Crippen LogP contribution in [-0.4, -0.2) is 24.2 Å². The van der Waals surface area contributed by atoms with Gasteiger partial charge in [-0.2, -0.15) is 5.26 Å². The maximum atomic E-state index is 13.2. The van der Waals surface area contributed by atoms with E-state index in [1.807, 2.05) is 13.0 Å². The Morgan fingerprint density at radius 1 is 1.62 bits per heavy atom. The number of anilines is 1. The number of halogens is 1. The van der Waals surface area contributed by atoms with Crippen molar-refractivity contribution in [3.63, 3.8) is 0 Å². The van der Waals surface area contributed by atoms with Crippen molar-refractivity contribution in [2.75, 3.05) is 18.0 Å². The van der Waals surface area contributed by atoms with Gasteiger partial charge >= 0.3 is 5.97 Å². The van der Waals surface area contributed by atoms with Gasteiger partial charge in [0.15, 0.2) is 0 Å². The minimum Gasteiger partial charge on any atom is -0.481 e. The second kappa shape index (κ2) is 6.57. The average molecular weight is 290 g/mol. The van der Waals surface area contributed by atoms with Crippen molar-refractivity contribution in [1.29, 1.82) is 5.26 Å². The van der Waals surface area contributed by atoms with Crippen molar-refractivity contribution >= 4 is 11.7 Å². The molecule has 1 aliphatic rings. The minimum absolute atomic E-state index is 0.0938. The van der Waals surface area contributed by atoms with E-state index < -0.39 is 11.8 Å². The molecular weight excluding hydrogens is 271 g/mol. The van der Waals surface area contributed by atoms with E-state index in [4.69, 9.17) is 10.4 Å². The highest BCUT2D eigenvalue weighted by Gasteiger charge is 2.27. The highest BCUT2D eigenvalue weighted by Crippen LogP contribution is 2.31. The van der Waals surface area contributed by atoms with Crippen molar-refractivity contribution in [2.45, 2.75) is 26.2 Å². The third kappa shape index (κ3) is 3.72. The lowest BCUT2D eigenvalue weighted by Gasteiger charge is -2.37. The molecule has 1 saturated heterocycles. The van der Waals surface area contributed by atoms with Crippen LogP contribution in [0.25, 0.3) is 0 Å². The smallest absolute Gasteiger partial charge is 0.303 e. The molecule has 1 heterocycles. The highest BCUT2D eigenvalue weighted by atomic mass is 19.1. The fourth-order valence-corrected chi connectivity index (χ4v) is 3.01. The van der Waals surface area contributed by atoms with Crippen LogP contribution in [0.15, 0.2) is 18.2 Å². The first-order valence-corrected chi connectivity index (χ1v) is 7.17. The molecule has 112 valence electrons. The van der Waals surface area contributed by atoms with Crippen LogP contribution >= 0.6 is 0 Å². The molecule has 0 aliphatic carbocycles. The summed E-state index contributed by atoms with van der Waals surface area (Å²) >= 11 is 0. The van der Waals surface area contributed by atoms with Crippen LogP contribution in [-0.2, 0) is 4.79 Å². The Bertz CT molecular complexity index is 568. The number of nitrogens with zero attached hydrogens (tertiary/aromatic N) is 2. The fraction of sp³-hybridized carbons (Fsp3) is 0.500. The molecule has 0 amide bonds.